The summed E-state index contributed by atoms with van der Waals surface area (Å²) in [5.74, 6) is 1.61. The van der Waals surface area contributed by atoms with Crippen molar-refractivity contribution in [2.24, 2.45) is 0 Å². The molecule has 4 heterocycles. The van der Waals surface area contributed by atoms with Crippen LogP contribution < -0.4 is 15.6 Å². The van der Waals surface area contributed by atoms with Gasteiger partial charge in [0.15, 0.2) is 0 Å². The Labute approximate surface area is 151 Å². The van der Waals surface area contributed by atoms with Crippen molar-refractivity contribution in [1.82, 2.24) is 30.4 Å². The molecule has 1 aliphatic rings. The van der Waals surface area contributed by atoms with Crippen LogP contribution in [0.4, 0.5) is 11.6 Å². The lowest BCUT2D eigenvalue weighted by atomic mass is 9.96. The van der Waals surface area contributed by atoms with Crippen molar-refractivity contribution in [1.29, 1.82) is 0 Å². The van der Waals surface area contributed by atoms with Crippen molar-refractivity contribution < 1.29 is 9.15 Å². The molecule has 27 heavy (non-hydrogen) atoms. The first-order chi connectivity index (χ1) is 13.3. The van der Waals surface area contributed by atoms with Crippen LogP contribution in [0.15, 0.2) is 51.9 Å². The lowest BCUT2D eigenvalue weighted by Crippen LogP contribution is -2.28. The van der Waals surface area contributed by atoms with E-state index in [1.807, 2.05) is 30.3 Å². The number of ether oxygens (including phenoxy) is 1. The van der Waals surface area contributed by atoms with Crippen LogP contribution in [-0.4, -0.2) is 37.5 Å². The number of methoxy groups -OCH3 is 1. The number of rotatable bonds is 3. The Morgan fingerprint density at radius 2 is 2.19 bits per heavy atom. The minimum Gasteiger partial charge on any atom is -0.497 e. The maximum Gasteiger partial charge on any atom is 0.288 e. The second kappa shape index (κ2) is 5.80. The van der Waals surface area contributed by atoms with Crippen molar-refractivity contribution in [2.75, 3.05) is 12.4 Å². The van der Waals surface area contributed by atoms with Crippen LogP contribution in [0.1, 0.15) is 17.4 Å². The minimum atomic E-state index is -0.544. The Balaban J connectivity index is 1.81. The molecule has 0 unspecified atom stereocenters. The van der Waals surface area contributed by atoms with E-state index in [0.29, 0.717) is 34.4 Å². The molecule has 2 N–H and O–H groups in total. The third-order valence-electron chi connectivity index (χ3n) is 4.42. The number of hydrogen-bond acceptors (Lipinski definition) is 8. The van der Waals surface area contributed by atoms with Crippen LogP contribution in [0, 0.1) is 0 Å². The van der Waals surface area contributed by atoms with Gasteiger partial charge in [0.05, 0.1) is 19.1 Å². The van der Waals surface area contributed by atoms with Gasteiger partial charge in [-0.15, -0.1) is 0 Å². The van der Waals surface area contributed by atoms with Gasteiger partial charge in [-0.25, -0.2) is 5.10 Å². The Hall–Kier alpha value is -3.95. The highest BCUT2D eigenvalue weighted by Crippen LogP contribution is 2.41. The molecule has 1 aliphatic heterocycles. The summed E-state index contributed by atoms with van der Waals surface area (Å²) in [5, 5.41) is 21.5. The topological polar surface area (TPSA) is 124 Å². The predicted molar refractivity (Wildman–Crippen MR) is 93.9 cm³/mol. The number of anilines is 2. The van der Waals surface area contributed by atoms with E-state index in [2.05, 4.69) is 31.0 Å². The van der Waals surface area contributed by atoms with Gasteiger partial charge in [-0.2, -0.15) is 9.78 Å². The molecule has 5 rings (SSSR count). The highest BCUT2D eigenvalue weighted by molar-refractivity contribution is 5.75. The molecule has 134 valence electrons. The normalized spacial score (nSPS) is 14.9. The van der Waals surface area contributed by atoms with Gasteiger partial charge in [-0.05, 0) is 34.7 Å². The van der Waals surface area contributed by atoms with Crippen LogP contribution in [0.3, 0.4) is 0 Å². The first-order valence-corrected chi connectivity index (χ1v) is 8.11. The molecule has 0 aliphatic carbocycles. The number of aromatic amines is 1. The molecule has 10 heteroatoms. The Morgan fingerprint density at radius 1 is 1.26 bits per heavy atom. The Morgan fingerprint density at radius 3 is 3.00 bits per heavy atom. The lowest BCUT2D eigenvalue weighted by Gasteiger charge is -2.26. The third kappa shape index (κ3) is 2.30. The fourth-order valence-corrected chi connectivity index (χ4v) is 3.24. The van der Waals surface area contributed by atoms with Gasteiger partial charge >= 0.3 is 0 Å². The number of H-pyrrole nitrogens is 1. The second-order valence-electron chi connectivity index (χ2n) is 5.91. The largest absolute Gasteiger partial charge is 0.497 e. The van der Waals surface area contributed by atoms with Crippen LogP contribution >= 0.6 is 0 Å². The van der Waals surface area contributed by atoms with E-state index in [9.17, 15) is 4.79 Å². The van der Waals surface area contributed by atoms with Crippen molar-refractivity contribution >= 4 is 11.6 Å². The van der Waals surface area contributed by atoms with Gasteiger partial charge in [-0.3, -0.25) is 4.79 Å². The molecule has 0 spiro atoms. The zero-order valence-electron chi connectivity index (χ0n) is 14.1. The van der Waals surface area contributed by atoms with Crippen molar-refractivity contribution in [3.05, 3.63) is 64.3 Å². The number of tetrazole rings is 1. The SMILES string of the molecule is COc1cccc(-c2n[nH]c(=O)c3c2[C@@H](c2ccco2)n2nnnc2N3)c1. The Kier molecular flexibility index (Phi) is 3.29. The molecule has 4 aromatic rings. The smallest absolute Gasteiger partial charge is 0.288 e. The van der Waals surface area contributed by atoms with Gasteiger partial charge in [0.2, 0.25) is 5.95 Å². The summed E-state index contributed by atoms with van der Waals surface area (Å²) in [6.07, 6.45) is 1.56. The summed E-state index contributed by atoms with van der Waals surface area (Å²) in [6.45, 7) is 0. The lowest BCUT2D eigenvalue weighted by molar-refractivity contribution is 0.415. The first kappa shape index (κ1) is 15.3. The monoisotopic (exact) mass is 363 g/mol. The summed E-state index contributed by atoms with van der Waals surface area (Å²) in [5.41, 5.74) is 1.91. The predicted octanol–water partition coefficient (Wildman–Crippen LogP) is 1.72. The fraction of sp³-hybridized carbons (Fsp3) is 0.118. The molecule has 10 nitrogen and oxygen atoms in total. The quantitative estimate of drug-likeness (QED) is 0.496. The van der Waals surface area contributed by atoms with E-state index in [0.717, 1.165) is 5.56 Å². The van der Waals surface area contributed by atoms with Crippen LogP contribution in [0.25, 0.3) is 11.3 Å². The average molecular weight is 363 g/mol. The van der Waals surface area contributed by atoms with Gasteiger partial charge in [0.1, 0.15) is 23.2 Å². The molecular formula is C17H13N7O3. The molecule has 0 bridgehead atoms. The molecule has 0 amide bonds. The molecule has 0 saturated carbocycles. The molecule has 0 saturated heterocycles. The van der Waals surface area contributed by atoms with Crippen LogP contribution in [0.5, 0.6) is 5.75 Å². The summed E-state index contributed by atoms with van der Waals surface area (Å²) in [4.78, 5) is 12.5. The van der Waals surface area contributed by atoms with E-state index >= 15 is 0 Å². The van der Waals surface area contributed by atoms with Gasteiger partial charge < -0.3 is 14.5 Å². The first-order valence-electron chi connectivity index (χ1n) is 8.11. The number of fused-ring (bicyclic) bond motifs is 2. The van der Waals surface area contributed by atoms with E-state index in [-0.39, 0.29) is 5.56 Å². The summed E-state index contributed by atoms with van der Waals surface area (Å²) in [6, 6.07) is 10.5. The van der Waals surface area contributed by atoms with E-state index < -0.39 is 6.04 Å². The highest BCUT2D eigenvalue weighted by Gasteiger charge is 2.35. The molecule has 0 fully saturated rings. The molecule has 1 aromatic carbocycles. The van der Waals surface area contributed by atoms with Crippen LogP contribution in [0.2, 0.25) is 0 Å². The summed E-state index contributed by atoms with van der Waals surface area (Å²) in [7, 11) is 1.59. The average Bonchev–Trinajstić information content (AvgIpc) is 3.39. The third-order valence-corrected chi connectivity index (χ3v) is 4.42. The summed E-state index contributed by atoms with van der Waals surface area (Å²) >= 11 is 0. The van der Waals surface area contributed by atoms with E-state index in [4.69, 9.17) is 9.15 Å². The number of aromatic nitrogens is 6. The molecular weight excluding hydrogens is 350 g/mol. The minimum absolute atomic E-state index is 0.325. The highest BCUT2D eigenvalue weighted by atomic mass is 16.5. The number of benzene rings is 1. The van der Waals surface area contributed by atoms with Crippen LogP contribution in [-0.2, 0) is 0 Å². The molecule has 3 aromatic heterocycles. The zero-order valence-corrected chi connectivity index (χ0v) is 14.1. The van der Waals surface area contributed by atoms with Gasteiger partial charge in [-0.1, -0.05) is 17.2 Å². The number of furan rings is 1. The molecule has 1 atom stereocenters. The maximum absolute atomic E-state index is 12.5. The van der Waals surface area contributed by atoms with Crippen molar-refractivity contribution in [2.45, 2.75) is 6.04 Å². The summed E-state index contributed by atoms with van der Waals surface area (Å²) < 4.78 is 12.5. The molecule has 0 radical (unpaired) electrons. The van der Waals surface area contributed by atoms with E-state index in [1.165, 1.54) is 0 Å². The second-order valence-corrected chi connectivity index (χ2v) is 5.91. The number of hydrogen-bond donors (Lipinski definition) is 2. The van der Waals surface area contributed by atoms with E-state index in [1.54, 1.807) is 24.1 Å². The van der Waals surface area contributed by atoms with Gasteiger partial charge in [0, 0.05) is 11.1 Å². The van der Waals surface area contributed by atoms with Gasteiger partial charge in [0.25, 0.3) is 5.56 Å². The zero-order chi connectivity index (χ0) is 18.4. The number of nitrogens with one attached hydrogen (secondary N) is 2. The maximum atomic E-state index is 12.5. The fourth-order valence-electron chi connectivity index (χ4n) is 3.24. The standard InChI is InChI=1S/C17H13N7O3/c1-26-10-5-2-4-9(8-10)13-12-14(16(25)20-19-13)18-17-21-22-23-24(17)15(12)11-6-3-7-27-11/h2-8,15H,1H3,(H,20,25)(H,18,21,23)/t15-/m1/s1. The van der Waals surface area contributed by atoms with Crippen molar-refractivity contribution in [3.63, 3.8) is 0 Å². The Bertz CT molecular complexity index is 1180. The van der Waals surface area contributed by atoms with Crippen molar-refractivity contribution in [3.8, 4) is 17.0 Å². The number of nitrogens with zero attached hydrogens (tertiary/aromatic N) is 5.